The van der Waals surface area contributed by atoms with Crippen LogP contribution in [0.4, 0.5) is 0 Å². The maximum absolute atomic E-state index is 12.3. The van der Waals surface area contributed by atoms with Gasteiger partial charge in [0, 0.05) is 19.1 Å². The molecule has 2 fully saturated rings. The minimum Gasteiger partial charge on any atom is -0.378 e. The zero-order chi connectivity index (χ0) is 13.1. The molecule has 1 unspecified atom stereocenters. The lowest BCUT2D eigenvalue weighted by Gasteiger charge is -2.26. The van der Waals surface area contributed by atoms with E-state index in [9.17, 15) is 4.79 Å². The van der Waals surface area contributed by atoms with Crippen LogP contribution in [0.25, 0.3) is 0 Å². The summed E-state index contributed by atoms with van der Waals surface area (Å²) in [5.74, 6) is 0.00149. The van der Waals surface area contributed by atoms with Crippen LogP contribution in [0, 0.1) is 0 Å². The number of ether oxygens (including phenoxy) is 1. The maximum Gasteiger partial charge on any atom is 0.274 e. The summed E-state index contributed by atoms with van der Waals surface area (Å²) in [5, 5.41) is 10.6. The van der Waals surface area contributed by atoms with E-state index < -0.39 is 0 Å². The number of carbonyl (C=O) groups excluding carboxylic acids is 1. The molecule has 2 aliphatic heterocycles. The van der Waals surface area contributed by atoms with Crippen LogP contribution in [-0.4, -0.2) is 53.9 Å². The Morgan fingerprint density at radius 1 is 1.37 bits per heavy atom. The smallest absolute Gasteiger partial charge is 0.274 e. The Hall–Kier alpha value is -1.40. The quantitative estimate of drug-likeness (QED) is 0.825. The first-order valence-electron chi connectivity index (χ1n) is 7.00. The molecule has 19 heavy (non-hydrogen) atoms. The van der Waals surface area contributed by atoms with Crippen molar-refractivity contribution in [3.8, 4) is 0 Å². The third kappa shape index (κ3) is 2.79. The Bertz CT molecular complexity index is 434. The van der Waals surface area contributed by atoms with E-state index in [0.29, 0.717) is 38.0 Å². The molecule has 104 valence electrons. The molecule has 1 amide bonds. The second-order valence-corrected chi connectivity index (χ2v) is 5.12. The van der Waals surface area contributed by atoms with Gasteiger partial charge in [-0.2, -0.15) is 5.10 Å². The fourth-order valence-electron chi connectivity index (χ4n) is 2.67. The van der Waals surface area contributed by atoms with E-state index in [4.69, 9.17) is 4.74 Å². The topological polar surface area (TPSA) is 70.2 Å². The van der Waals surface area contributed by atoms with Gasteiger partial charge in [-0.25, -0.2) is 0 Å². The molecular formula is C13H20N4O2. The van der Waals surface area contributed by atoms with Crippen molar-refractivity contribution in [2.24, 2.45) is 0 Å². The molecule has 3 heterocycles. The van der Waals surface area contributed by atoms with Gasteiger partial charge >= 0.3 is 0 Å². The molecule has 3 rings (SSSR count). The molecular weight excluding hydrogens is 244 g/mol. The Labute approximate surface area is 112 Å². The third-order valence-electron chi connectivity index (χ3n) is 3.80. The van der Waals surface area contributed by atoms with E-state index in [1.807, 2.05) is 6.07 Å². The van der Waals surface area contributed by atoms with Crippen LogP contribution in [0.15, 0.2) is 6.07 Å². The van der Waals surface area contributed by atoms with Gasteiger partial charge in [0.2, 0.25) is 0 Å². The van der Waals surface area contributed by atoms with Crippen molar-refractivity contribution in [2.45, 2.75) is 25.3 Å². The number of H-pyrrole nitrogens is 1. The van der Waals surface area contributed by atoms with Crippen LogP contribution in [0.3, 0.4) is 0 Å². The van der Waals surface area contributed by atoms with Crippen molar-refractivity contribution >= 4 is 5.91 Å². The van der Waals surface area contributed by atoms with Gasteiger partial charge in [0.1, 0.15) is 5.69 Å². The van der Waals surface area contributed by atoms with Crippen LogP contribution >= 0.6 is 0 Å². The number of rotatable bonds is 2. The molecule has 6 heteroatoms. The number of hydrogen-bond acceptors (Lipinski definition) is 4. The molecule has 2 N–H and O–H groups in total. The van der Waals surface area contributed by atoms with E-state index in [2.05, 4.69) is 15.5 Å². The highest BCUT2D eigenvalue weighted by Gasteiger charge is 2.23. The molecule has 0 aliphatic carbocycles. The molecule has 1 aromatic rings. The van der Waals surface area contributed by atoms with Crippen molar-refractivity contribution < 1.29 is 9.53 Å². The van der Waals surface area contributed by atoms with Gasteiger partial charge in [0.15, 0.2) is 0 Å². The fourth-order valence-corrected chi connectivity index (χ4v) is 2.67. The first kappa shape index (κ1) is 12.6. The summed E-state index contributed by atoms with van der Waals surface area (Å²) < 4.78 is 5.25. The lowest BCUT2D eigenvalue weighted by molar-refractivity contribution is 0.0299. The van der Waals surface area contributed by atoms with Crippen molar-refractivity contribution in [2.75, 3.05) is 32.8 Å². The first-order valence-corrected chi connectivity index (χ1v) is 7.00. The Balaban J connectivity index is 1.67. The lowest BCUT2D eigenvalue weighted by Crippen LogP contribution is -2.40. The number of aromatic nitrogens is 2. The fraction of sp³-hybridized carbons (Fsp3) is 0.692. The molecule has 1 atom stereocenters. The SMILES string of the molecule is O=C(c1cc(C2CCCCN2)[nH]n1)N1CCOCC1. The molecule has 0 saturated carbocycles. The van der Waals surface area contributed by atoms with E-state index in [1.54, 1.807) is 4.90 Å². The standard InChI is InChI=1S/C13H20N4O2/c18-13(17-5-7-19-8-6-17)12-9-11(15-16-12)10-3-1-2-4-14-10/h9-10,14H,1-8H2,(H,15,16). The summed E-state index contributed by atoms with van der Waals surface area (Å²) in [7, 11) is 0. The van der Waals surface area contributed by atoms with Crippen LogP contribution < -0.4 is 5.32 Å². The number of piperidine rings is 1. The minimum absolute atomic E-state index is 0.00149. The highest BCUT2D eigenvalue weighted by atomic mass is 16.5. The molecule has 0 aromatic carbocycles. The number of carbonyl (C=O) groups is 1. The zero-order valence-corrected chi connectivity index (χ0v) is 11.0. The summed E-state index contributed by atoms with van der Waals surface area (Å²) in [6.07, 6.45) is 3.56. The summed E-state index contributed by atoms with van der Waals surface area (Å²) in [6, 6.07) is 2.20. The van der Waals surface area contributed by atoms with E-state index in [-0.39, 0.29) is 5.91 Å². The van der Waals surface area contributed by atoms with E-state index in [0.717, 1.165) is 18.7 Å². The monoisotopic (exact) mass is 264 g/mol. The molecule has 2 aliphatic rings. The highest BCUT2D eigenvalue weighted by molar-refractivity contribution is 5.92. The van der Waals surface area contributed by atoms with Crippen molar-refractivity contribution in [3.05, 3.63) is 17.5 Å². The Morgan fingerprint density at radius 3 is 2.95 bits per heavy atom. The average molecular weight is 264 g/mol. The second kappa shape index (κ2) is 5.71. The Morgan fingerprint density at radius 2 is 2.21 bits per heavy atom. The van der Waals surface area contributed by atoms with Crippen molar-refractivity contribution in [3.63, 3.8) is 0 Å². The third-order valence-corrected chi connectivity index (χ3v) is 3.80. The van der Waals surface area contributed by atoms with Gasteiger partial charge in [-0.15, -0.1) is 0 Å². The van der Waals surface area contributed by atoms with Crippen LogP contribution in [-0.2, 0) is 4.74 Å². The summed E-state index contributed by atoms with van der Waals surface area (Å²) >= 11 is 0. The zero-order valence-electron chi connectivity index (χ0n) is 11.0. The van der Waals surface area contributed by atoms with E-state index >= 15 is 0 Å². The lowest BCUT2D eigenvalue weighted by atomic mass is 10.0. The summed E-state index contributed by atoms with van der Waals surface area (Å²) in [4.78, 5) is 14.1. The maximum atomic E-state index is 12.3. The highest BCUT2D eigenvalue weighted by Crippen LogP contribution is 2.22. The van der Waals surface area contributed by atoms with Gasteiger partial charge in [0.25, 0.3) is 5.91 Å². The normalized spacial score (nSPS) is 24.4. The largest absolute Gasteiger partial charge is 0.378 e. The van der Waals surface area contributed by atoms with Gasteiger partial charge < -0.3 is 15.0 Å². The Kier molecular flexibility index (Phi) is 3.79. The van der Waals surface area contributed by atoms with Gasteiger partial charge in [-0.3, -0.25) is 9.89 Å². The minimum atomic E-state index is 0.00149. The molecule has 1 aromatic heterocycles. The van der Waals surface area contributed by atoms with Crippen LogP contribution in [0.5, 0.6) is 0 Å². The van der Waals surface area contributed by atoms with Gasteiger partial charge in [-0.1, -0.05) is 6.42 Å². The van der Waals surface area contributed by atoms with Crippen LogP contribution in [0.1, 0.15) is 41.5 Å². The van der Waals surface area contributed by atoms with Crippen LogP contribution in [0.2, 0.25) is 0 Å². The van der Waals surface area contributed by atoms with Crippen molar-refractivity contribution in [1.29, 1.82) is 0 Å². The number of nitrogens with one attached hydrogen (secondary N) is 2. The van der Waals surface area contributed by atoms with Gasteiger partial charge in [0.05, 0.1) is 18.9 Å². The van der Waals surface area contributed by atoms with Crippen molar-refractivity contribution in [1.82, 2.24) is 20.4 Å². The average Bonchev–Trinajstić information content (AvgIpc) is 2.98. The number of nitrogens with zero attached hydrogens (tertiary/aromatic N) is 2. The van der Waals surface area contributed by atoms with E-state index in [1.165, 1.54) is 12.8 Å². The molecule has 0 radical (unpaired) electrons. The molecule has 2 saturated heterocycles. The molecule has 6 nitrogen and oxygen atoms in total. The second-order valence-electron chi connectivity index (χ2n) is 5.12. The predicted molar refractivity (Wildman–Crippen MR) is 69.9 cm³/mol. The summed E-state index contributed by atoms with van der Waals surface area (Å²) in [6.45, 7) is 3.59. The molecule has 0 spiro atoms. The number of amides is 1. The molecule has 0 bridgehead atoms. The van der Waals surface area contributed by atoms with Gasteiger partial charge in [-0.05, 0) is 25.5 Å². The first-order chi connectivity index (χ1) is 9.34. The summed E-state index contributed by atoms with van der Waals surface area (Å²) in [5.41, 5.74) is 1.54. The predicted octanol–water partition coefficient (Wildman–Crippen LogP) is 0.697. The number of hydrogen-bond donors (Lipinski definition) is 2. The number of aromatic amines is 1. The number of morpholine rings is 1.